The molecule has 1 amide bonds. The predicted molar refractivity (Wildman–Crippen MR) is 53.0 cm³/mol. The Morgan fingerprint density at radius 2 is 2.43 bits per heavy atom. The predicted octanol–water partition coefficient (Wildman–Crippen LogP) is -0.398. The van der Waals surface area contributed by atoms with Crippen LogP contribution in [-0.4, -0.2) is 35.8 Å². The van der Waals surface area contributed by atoms with Crippen LogP contribution in [0.1, 0.15) is 0 Å². The van der Waals surface area contributed by atoms with Crippen molar-refractivity contribution in [3.63, 3.8) is 0 Å². The molecule has 0 unspecified atom stereocenters. The molecule has 0 saturated carbocycles. The van der Waals surface area contributed by atoms with Crippen molar-refractivity contribution in [3.8, 4) is 0 Å². The van der Waals surface area contributed by atoms with E-state index < -0.39 is 0 Å². The van der Waals surface area contributed by atoms with Gasteiger partial charge in [0.15, 0.2) is 0 Å². The van der Waals surface area contributed by atoms with Gasteiger partial charge in [0.2, 0.25) is 5.91 Å². The van der Waals surface area contributed by atoms with E-state index in [2.05, 4.69) is 10.4 Å². The third-order valence-corrected chi connectivity index (χ3v) is 2.54. The Morgan fingerprint density at radius 3 is 2.86 bits per heavy atom. The van der Waals surface area contributed by atoms with E-state index in [0.717, 1.165) is 18.8 Å². The molecular formula is C9H14N4O. The van der Waals surface area contributed by atoms with E-state index in [4.69, 9.17) is 0 Å². The van der Waals surface area contributed by atoms with Crippen molar-refractivity contribution in [2.45, 2.75) is 0 Å². The van der Waals surface area contributed by atoms with Crippen LogP contribution in [-0.2, 0) is 11.8 Å². The van der Waals surface area contributed by atoms with Crippen molar-refractivity contribution in [2.24, 2.45) is 13.0 Å². The zero-order valence-electron chi connectivity index (χ0n) is 8.40. The van der Waals surface area contributed by atoms with Gasteiger partial charge in [0.25, 0.3) is 0 Å². The fourth-order valence-electron chi connectivity index (χ4n) is 1.45. The Hall–Kier alpha value is -1.36. The van der Waals surface area contributed by atoms with E-state index in [1.54, 1.807) is 22.8 Å². The first-order valence-corrected chi connectivity index (χ1v) is 4.65. The lowest BCUT2D eigenvalue weighted by molar-refractivity contribution is -0.123. The summed E-state index contributed by atoms with van der Waals surface area (Å²) in [6, 6.07) is 0. The number of aromatic nitrogens is 2. The van der Waals surface area contributed by atoms with Crippen LogP contribution in [0.15, 0.2) is 12.4 Å². The van der Waals surface area contributed by atoms with Crippen molar-refractivity contribution >= 4 is 11.6 Å². The number of hydrogen-bond donors (Lipinski definition) is 1. The number of aryl methyl sites for hydroxylation is 1. The summed E-state index contributed by atoms with van der Waals surface area (Å²) in [6.45, 7) is 1.59. The van der Waals surface area contributed by atoms with Gasteiger partial charge in [0.05, 0.1) is 17.8 Å². The van der Waals surface area contributed by atoms with Gasteiger partial charge < -0.3 is 10.2 Å². The molecule has 1 fully saturated rings. The Kier molecular flexibility index (Phi) is 2.25. The molecule has 1 aliphatic heterocycles. The molecule has 0 aromatic carbocycles. The number of carbonyl (C=O) groups is 1. The minimum Gasteiger partial charge on any atom is -0.315 e. The van der Waals surface area contributed by atoms with Crippen LogP contribution in [0.25, 0.3) is 0 Å². The smallest absolute Gasteiger partial charge is 0.232 e. The molecule has 5 nitrogen and oxygen atoms in total. The van der Waals surface area contributed by atoms with Crippen molar-refractivity contribution in [2.75, 3.05) is 25.0 Å². The zero-order chi connectivity index (χ0) is 10.1. The Balaban J connectivity index is 2.07. The van der Waals surface area contributed by atoms with Crippen molar-refractivity contribution in [3.05, 3.63) is 12.4 Å². The summed E-state index contributed by atoms with van der Waals surface area (Å²) in [7, 11) is 3.63. The summed E-state index contributed by atoms with van der Waals surface area (Å²) >= 11 is 0. The maximum absolute atomic E-state index is 11.8. The average molecular weight is 194 g/mol. The highest BCUT2D eigenvalue weighted by Crippen LogP contribution is 2.15. The minimum absolute atomic E-state index is 0.139. The SMILES string of the molecule is CN(C(=O)C1CNC1)c1cnn(C)c1. The van der Waals surface area contributed by atoms with E-state index in [0.29, 0.717) is 0 Å². The van der Waals surface area contributed by atoms with E-state index in [1.807, 2.05) is 13.2 Å². The fourth-order valence-corrected chi connectivity index (χ4v) is 1.45. The van der Waals surface area contributed by atoms with Crippen LogP contribution in [0.2, 0.25) is 0 Å². The van der Waals surface area contributed by atoms with E-state index >= 15 is 0 Å². The lowest BCUT2D eigenvalue weighted by Gasteiger charge is -2.29. The number of anilines is 1. The topological polar surface area (TPSA) is 50.2 Å². The Labute approximate surface area is 82.7 Å². The first kappa shape index (κ1) is 9.21. The van der Waals surface area contributed by atoms with E-state index in [9.17, 15) is 4.79 Å². The van der Waals surface area contributed by atoms with Crippen LogP contribution in [0.5, 0.6) is 0 Å². The van der Waals surface area contributed by atoms with E-state index in [-0.39, 0.29) is 11.8 Å². The van der Waals surface area contributed by atoms with Gasteiger partial charge in [-0.05, 0) is 0 Å². The second-order valence-electron chi connectivity index (χ2n) is 3.62. The van der Waals surface area contributed by atoms with Crippen molar-refractivity contribution in [1.82, 2.24) is 15.1 Å². The number of hydrogen-bond acceptors (Lipinski definition) is 3. The third kappa shape index (κ3) is 1.50. The summed E-state index contributed by atoms with van der Waals surface area (Å²) < 4.78 is 1.69. The van der Waals surface area contributed by atoms with Gasteiger partial charge in [0.1, 0.15) is 0 Å². The van der Waals surface area contributed by atoms with Gasteiger partial charge in [-0.1, -0.05) is 0 Å². The highest BCUT2D eigenvalue weighted by molar-refractivity contribution is 5.95. The molecule has 14 heavy (non-hydrogen) atoms. The molecule has 1 aromatic rings. The van der Waals surface area contributed by atoms with Gasteiger partial charge in [0, 0.05) is 33.4 Å². The normalized spacial score (nSPS) is 16.4. The van der Waals surface area contributed by atoms with Crippen molar-refractivity contribution < 1.29 is 4.79 Å². The lowest BCUT2D eigenvalue weighted by atomic mass is 10.0. The summed E-state index contributed by atoms with van der Waals surface area (Å²) in [5.74, 6) is 0.303. The van der Waals surface area contributed by atoms with Crippen LogP contribution >= 0.6 is 0 Å². The highest BCUT2D eigenvalue weighted by atomic mass is 16.2. The van der Waals surface area contributed by atoms with Gasteiger partial charge >= 0.3 is 0 Å². The molecule has 2 heterocycles. The molecule has 0 radical (unpaired) electrons. The van der Waals surface area contributed by atoms with Crippen LogP contribution in [0.3, 0.4) is 0 Å². The maximum atomic E-state index is 11.8. The molecule has 0 atom stereocenters. The highest BCUT2D eigenvalue weighted by Gasteiger charge is 2.28. The fraction of sp³-hybridized carbons (Fsp3) is 0.556. The summed E-state index contributed by atoms with van der Waals surface area (Å²) in [5, 5.41) is 7.12. The monoisotopic (exact) mass is 194 g/mol. The second-order valence-corrected chi connectivity index (χ2v) is 3.62. The lowest BCUT2D eigenvalue weighted by Crippen LogP contribution is -2.51. The van der Waals surface area contributed by atoms with Crippen LogP contribution < -0.4 is 10.2 Å². The Bertz CT molecular complexity index is 342. The molecule has 1 N–H and O–H groups in total. The molecule has 1 saturated heterocycles. The van der Waals surface area contributed by atoms with Crippen LogP contribution in [0, 0.1) is 5.92 Å². The number of carbonyl (C=O) groups excluding carboxylic acids is 1. The quantitative estimate of drug-likeness (QED) is 0.697. The van der Waals surface area contributed by atoms with Crippen molar-refractivity contribution in [1.29, 1.82) is 0 Å². The third-order valence-electron chi connectivity index (χ3n) is 2.54. The first-order chi connectivity index (χ1) is 6.68. The number of amides is 1. The number of nitrogens with one attached hydrogen (secondary N) is 1. The summed E-state index contributed by atoms with van der Waals surface area (Å²) in [6.07, 6.45) is 3.54. The average Bonchev–Trinajstić information content (AvgIpc) is 2.47. The Morgan fingerprint density at radius 1 is 1.71 bits per heavy atom. The standard InChI is InChI=1S/C9H14N4O/c1-12-6-8(5-11-12)13(2)9(14)7-3-10-4-7/h5-7,10H,3-4H2,1-2H3. The molecule has 0 aliphatic carbocycles. The molecular weight excluding hydrogens is 180 g/mol. The van der Waals surface area contributed by atoms with E-state index in [1.165, 1.54) is 0 Å². The second kappa shape index (κ2) is 3.42. The molecule has 5 heteroatoms. The molecule has 2 rings (SSSR count). The molecule has 1 aromatic heterocycles. The van der Waals surface area contributed by atoms with Gasteiger partial charge in [-0.25, -0.2) is 0 Å². The van der Waals surface area contributed by atoms with Gasteiger partial charge in [-0.3, -0.25) is 9.48 Å². The van der Waals surface area contributed by atoms with Gasteiger partial charge in [-0.2, -0.15) is 5.10 Å². The summed E-state index contributed by atoms with van der Waals surface area (Å²) in [5.41, 5.74) is 0.851. The maximum Gasteiger partial charge on any atom is 0.232 e. The molecule has 76 valence electrons. The number of rotatable bonds is 2. The summed E-state index contributed by atoms with van der Waals surface area (Å²) in [4.78, 5) is 13.4. The van der Waals surface area contributed by atoms with Crippen LogP contribution in [0.4, 0.5) is 5.69 Å². The number of nitrogens with zero attached hydrogens (tertiary/aromatic N) is 3. The first-order valence-electron chi connectivity index (χ1n) is 4.65. The van der Waals surface area contributed by atoms with Gasteiger partial charge in [-0.15, -0.1) is 0 Å². The minimum atomic E-state index is 0.139. The zero-order valence-corrected chi connectivity index (χ0v) is 8.40. The molecule has 0 bridgehead atoms. The molecule has 0 spiro atoms. The largest absolute Gasteiger partial charge is 0.315 e. The molecule has 1 aliphatic rings.